The number of benzene rings is 2. The number of anilines is 2. The van der Waals surface area contributed by atoms with E-state index >= 15 is 0 Å². The topological polar surface area (TPSA) is 72.9 Å². The maximum absolute atomic E-state index is 12.9. The van der Waals surface area contributed by atoms with Crippen LogP contribution in [0, 0.1) is 12.8 Å². The van der Waals surface area contributed by atoms with Gasteiger partial charge in [-0.25, -0.2) is 4.79 Å². The second-order valence-corrected chi connectivity index (χ2v) is 8.82. The molecular formula is C25H31N3O3. The second kappa shape index (κ2) is 9.52. The lowest BCUT2D eigenvalue weighted by Crippen LogP contribution is -2.40. The van der Waals surface area contributed by atoms with Crippen molar-refractivity contribution >= 4 is 23.3 Å². The minimum absolute atomic E-state index is 0.175. The fraction of sp³-hybridized carbons (Fsp3) is 0.440. The average Bonchev–Trinajstić information content (AvgIpc) is 3.27. The number of likely N-dealkylation sites (tertiary alicyclic amines) is 1. The zero-order valence-corrected chi connectivity index (χ0v) is 18.1. The molecule has 0 radical (unpaired) electrons. The molecule has 6 nitrogen and oxygen atoms in total. The summed E-state index contributed by atoms with van der Waals surface area (Å²) in [6, 6.07) is 12.5. The summed E-state index contributed by atoms with van der Waals surface area (Å²) in [5.74, 6) is -0.632. The smallest absolute Gasteiger partial charge is 0.335 e. The van der Waals surface area contributed by atoms with E-state index in [9.17, 15) is 14.7 Å². The SMILES string of the molecule is Cc1cccc(C(=O)Nc2cc(C(=O)O)ccc2N2CCC[C@H](CN3CCCC3)C2)c1. The van der Waals surface area contributed by atoms with E-state index in [0.29, 0.717) is 17.2 Å². The number of piperidine rings is 1. The van der Waals surface area contributed by atoms with Gasteiger partial charge < -0.3 is 20.2 Å². The summed E-state index contributed by atoms with van der Waals surface area (Å²) in [5, 5.41) is 12.4. The normalized spacial score (nSPS) is 19.4. The third-order valence-corrected chi connectivity index (χ3v) is 6.35. The highest BCUT2D eigenvalue weighted by molar-refractivity contribution is 6.06. The van der Waals surface area contributed by atoms with Gasteiger partial charge in [0.25, 0.3) is 5.91 Å². The van der Waals surface area contributed by atoms with E-state index in [1.54, 1.807) is 18.2 Å². The second-order valence-electron chi connectivity index (χ2n) is 8.82. The van der Waals surface area contributed by atoms with Crippen LogP contribution >= 0.6 is 0 Å². The molecule has 0 aromatic heterocycles. The first kappa shape index (κ1) is 21.4. The van der Waals surface area contributed by atoms with Gasteiger partial charge in [-0.1, -0.05) is 17.7 Å². The van der Waals surface area contributed by atoms with Crippen LogP contribution in [0.1, 0.15) is 52.0 Å². The summed E-state index contributed by atoms with van der Waals surface area (Å²) in [6.45, 7) is 7.30. The van der Waals surface area contributed by atoms with Crippen LogP contribution in [0.2, 0.25) is 0 Å². The Kier molecular flexibility index (Phi) is 6.56. The number of carbonyl (C=O) groups excluding carboxylic acids is 1. The van der Waals surface area contributed by atoms with Crippen molar-refractivity contribution in [2.45, 2.75) is 32.6 Å². The Hall–Kier alpha value is -2.86. The van der Waals surface area contributed by atoms with Crippen molar-refractivity contribution in [1.29, 1.82) is 0 Å². The minimum atomic E-state index is -0.997. The molecule has 2 fully saturated rings. The van der Waals surface area contributed by atoms with Crippen LogP contribution in [0.25, 0.3) is 0 Å². The van der Waals surface area contributed by atoms with Crippen LogP contribution in [0.3, 0.4) is 0 Å². The Bertz CT molecular complexity index is 953. The highest BCUT2D eigenvalue weighted by atomic mass is 16.4. The molecule has 0 saturated carbocycles. The number of aryl methyl sites for hydroxylation is 1. The molecule has 6 heteroatoms. The van der Waals surface area contributed by atoms with Gasteiger partial charge in [-0.15, -0.1) is 0 Å². The van der Waals surface area contributed by atoms with Crippen LogP contribution < -0.4 is 10.2 Å². The Morgan fingerprint density at radius 2 is 1.84 bits per heavy atom. The maximum atomic E-state index is 12.9. The Balaban J connectivity index is 1.56. The Morgan fingerprint density at radius 1 is 1.03 bits per heavy atom. The molecule has 1 amide bonds. The summed E-state index contributed by atoms with van der Waals surface area (Å²) >= 11 is 0. The van der Waals surface area contributed by atoms with Crippen molar-refractivity contribution in [2.24, 2.45) is 5.92 Å². The molecule has 4 rings (SSSR count). The molecule has 2 aliphatic rings. The van der Waals surface area contributed by atoms with Crippen molar-refractivity contribution in [2.75, 3.05) is 42.9 Å². The zero-order chi connectivity index (χ0) is 21.8. The van der Waals surface area contributed by atoms with Crippen LogP contribution in [0.5, 0.6) is 0 Å². The maximum Gasteiger partial charge on any atom is 0.335 e. The fourth-order valence-electron chi connectivity index (χ4n) is 4.79. The van der Waals surface area contributed by atoms with E-state index in [1.165, 1.54) is 32.4 Å². The van der Waals surface area contributed by atoms with E-state index in [2.05, 4.69) is 15.1 Å². The van der Waals surface area contributed by atoms with Crippen molar-refractivity contribution in [3.8, 4) is 0 Å². The number of carbonyl (C=O) groups is 2. The van der Waals surface area contributed by atoms with Gasteiger partial charge in [-0.2, -0.15) is 0 Å². The zero-order valence-electron chi connectivity index (χ0n) is 18.1. The first-order valence-corrected chi connectivity index (χ1v) is 11.2. The van der Waals surface area contributed by atoms with Gasteiger partial charge in [0, 0.05) is 25.2 Å². The lowest BCUT2D eigenvalue weighted by Gasteiger charge is -2.37. The first-order valence-electron chi connectivity index (χ1n) is 11.2. The minimum Gasteiger partial charge on any atom is -0.478 e. The van der Waals surface area contributed by atoms with E-state index in [0.717, 1.165) is 37.3 Å². The number of amides is 1. The molecule has 2 aliphatic heterocycles. The molecule has 2 saturated heterocycles. The number of carboxylic acids is 1. The molecule has 2 aromatic rings. The molecule has 2 N–H and O–H groups in total. The van der Waals surface area contributed by atoms with E-state index in [1.807, 2.05) is 31.2 Å². The lowest BCUT2D eigenvalue weighted by atomic mass is 9.96. The molecule has 0 aliphatic carbocycles. The molecule has 0 unspecified atom stereocenters. The molecular weight excluding hydrogens is 390 g/mol. The van der Waals surface area contributed by atoms with Gasteiger partial charge in [-0.05, 0) is 81.9 Å². The van der Waals surface area contributed by atoms with E-state index in [-0.39, 0.29) is 11.5 Å². The highest BCUT2D eigenvalue weighted by Gasteiger charge is 2.25. The van der Waals surface area contributed by atoms with Crippen molar-refractivity contribution in [3.63, 3.8) is 0 Å². The summed E-state index contributed by atoms with van der Waals surface area (Å²) in [6.07, 6.45) is 4.90. The molecule has 2 heterocycles. The summed E-state index contributed by atoms with van der Waals surface area (Å²) in [7, 11) is 0. The third-order valence-electron chi connectivity index (χ3n) is 6.35. The monoisotopic (exact) mass is 421 g/mol. The van der Waals surface area contributed by atoms with E-state index < -0.39 is 5.97 Å². The molecule has 164 valence electrons. The first-order chi connectivity index (χ1) is 15.0. The lowest BCUT2D eigenvalue weighted by molar-refractivity contribution is 0.0696. The van der Waals surface area contributed by atoms with Crippen molar-refractivity contribution in [3.05, 3.63) is 59.2 Å². The number of aromatic carboxylic acids is 1. The predicted molar refractivity (Wildman–Crippen MR) is 123 cm³/mol. The van der Waals surface area contributed by atoms with Gasteiger partial charge in [0.15, 0.2) is 0 Å². The number of rotatable bonds is 6. The van der Waals surface area contributed by atoms with Crippen LogP contribution in [-0.4, -0.2) is 54.6 Å². The Morgan fingerprint density at radius 3 is 2.58 bits per heavy atom. The molecule has 0 spiro atoms. The van der Waals surface area contributed by atoms with Crippen molar-refractivity contribution in [1.82, 2.24) is 4.90 Å². The number of hydrogen-bond acceptors (Lipinski definition) is 4. The summed E-state index contributed by atoms with van der Waals surface area (Å²) in [4.78, 5) is 29.3. The van der Waals surface area contributed by atoms with Crippen LogP contribution in [0.4, 0.5) is 11.4 Å². The third kappa shape index (κ3) is 5.25. The highest BCUT2D eigenvalue weighted by Crippen LogP contribution is 2.32. The van der Waals surface area contributed by atoms with Gasteiger partial charge >= 0.3 is 5.97 Å². The predicted octanol–water partition coefficient (Wildman–Crippen LogP) is 4.26. The van der Waals surface area contributed by atoms with Gasteiger partial charge in [0.05, 0.1) is 16.9 Å². The van der Waals surface area contributed by atoms with Crippen LogP contribution in [-0.2, 0) is 0 Å². The number of nitrogens with zero attached hydrogens (tertiary/aromatic N) is 2. The largest absolute Gasteiger partial charge is 0.478 e. The summed E-state index contributed by atoms with van der Waals surface area (Å²) in [5.41, 5.74) is 3.21. The van der Waals surface area contributed by atoms with Gasteiger partial charge in [0.1, 0.15) is 0 Å². The van der Waals surface area contributed by atoms with Gasteiger partial charge in [0.2, 0.25) is 0 Å². The summed E-state index contributed by atoms with van der Waals surface area (Å²) < 4.78 is 0. The van der Waals surface area contributed by atoms with Gasteiger partial charge in [-0.3, -0.25) is 4.79 Å². The number of carboxylic acid groups (broad SMARTS) is 1. The molecule has 2 aromatic carbocycles. The number of nitrogens with one attached hydrogen (secondary N) is 1. The molecule has 0 bridgehead atoms. The van der Waals surface area contributed by atoms with Crippen molar-refractivity contribution < 1.29 is 14.7 Å². The van der Waals surface area contributed by atoms with Crippen LogP contribution in [0.15, 0.2) is 42.5 Å². The molecule has 31 heavy (non-hydrogen) atoms. The van der Waals surface area contributed by atoms with E-state index in [4.69, 9.17) is 0 Å². The average molecular weight is 422 g/mol. The number of hydrogen-bond donors (Lipinski definition) is 2. The Labute approximate surface area is 183 Å². The molecule has 1 atom stereocenters. The standard InChI is InChI=1S/C25H31N3O3/c1-18-6-4-8-20(14-18)24(29)26-22-15-21(25(30)31)9-10-23(22)28-13-5-7-19(17-28)16-27-11-2-3-12-27/h4,6,8-10,14-15,19H,2-3,5,7,11-13,16-17H2,1H3,(H,26,29)(H,30,31)/t19-/m1/s1. The fourth-order valence-corrected chi connectivity index (χ4v) is 4.79. The quantitative estimate of drug-likeness (QED) is 0.729.